The second-order valence-corrected chi connectivity index (χ2v) is 6.15. The Labute approximate surface area is 136 Å². The lowest BCUT2D eigenvalue weighted by Gasteiger charge is -2.38. The summed E-state index contributed by atoms with van der Waals surface area (Å²) in [5.41, 5.74) is 3.44. The number of rotatable bonds is 3. The molecule has 116 valence electrons. The highest BCUT2D eigenvalue weighted by Crippen LogP contribution is 2.29. The van der Waals surface area contributed by atoms with Crippen molar-refractivity contribution in [2.75, 3.05) is 18.4 Å². The average Bonchev–Trinajstić information content (AvgIpc) is 3.00. The normalized spacial score (nSPS) is 14.5. The summed E-state index contributed by atoms with van der Waals surface area (Å²) in [6.07, 6.45) is 3.30. The lowest BCUT2D eigenvalue weighted by Crippen LogP contribution is -2.57. The van der Waals surface area contributed by atoms with Crippen LogP contribution in [0.1, 0.15) is 0 Å². The molecule has 4 rings (SSSR count). The van der Waals surface area contributed by atoms with Crippen molar-refractivity contribution in [3.05, 3.63) is 48.2 Å². The summed E-state index contributed by atoms with van der Waals surface area (Å²) in [5, 5.41) is 2.83. The highest BCUT2D eigenvalue weighted by molar-refractivity contribution is 7.16. The van der Waals surface area contributed by atoms with Crippen LogP contribution in [0.4, 0.5) is 10.5 Å². The third kappa shape index (κ3) is 2.83. The molecule has 0 unspecified atom stereocenters. The van der Waals surface area contributed by atoms with Crippen LogP contribution in [0.15, 0.2) is 48.2 Å². The Morgan fingerprint density at radius 3 is 2.91 bits per heavy atom. The van der Waals surface area contributed by atoms with E-state index in [9.17, 15) is 4.79 Å². The van der Waals surface area contributed by atoms with Crippen molar-refractivity contribution >= 4 is 33.3 Å². The largest absolute Gasteiger partial charge is 0.484 e. The van der Waals surface area contributed by atoms with Crippen molar-refractivity contribution in [2.45, 2.75) is 6.10 Å². The fourth-order valence-corrected chi connectivity index (χ4v) is 3.15. The van der Waals surface area contributed by atoms with E-state index in [0.29, 0.717) is 13.1 Å². The summed E-state index contributed by atoms with van der Waals surface area (Å²) in [4.78, 5) is 22.1. The topological polar surface area (TPSA) is 67.4 Å². The molecule has 2 aromatic heterocycles. The first-order valence-corrected chi connectivity index (χ1v) is 8.12. The molecule has 0 spiro atoms. The summed E-state index contributed by atoms with van der Waals surface area (Å²) < 4.78 is 7.07. The molecular weight excluding hydrogens is 312 g/mol. The van der Waals surface area contributed by atoms with Crippen LogP contribution in [0.3, 0.4) is 0 Å². The Morgan fingerprint density at radius 1 is 1.26 bits per heavy atom. The fraction of sp³-hybridized carbons (Fsp3) is 0.188. The number of hydrogen-bond acceptors (Lipinski definition) is 5. The van der Waals surface area contributed by atoms with Crippen molar-refractivity contribution in [1.82, 2.24) is 14.9 Å². The minimum absolute atomic E-state index is 0.00508. The van der Waals surface area contributed by atoms with Gasteiger partial charge in [0.05, 0.1) is 23.3 Å². The molecule has 1 aliphatic rings. The zero-order valence-electron chi connectivity index (χ0n) is 12.2. The number of fused-ring (bicyclic) bond motifs is 1. The standard InChI is InChI=1S/C16H14N4O2S/c21-16(19-11-4-6-17-7-5-11)20-8-12(9-20)22-13-2-1-3-14-15(13)18-10-23-14/h1-7,10,12H,8-9H2,(H,17,19,21). The van der Waals surface area contributed by atoms with E-state index in [1.807, 2.05) is 23.7 Å². The molecule has 2 amide bonds. The molecule has 3 aromatic rings. The fourth-order valence-electron chi connectivity index (χ4n) is 2.45. The number of pyridine rings is 1. The van der Waals surface area contributed by atoms with Gasteiger partial charge in [-0.2, -0.15) is 0 Å². The molecule has 7 heteroatoms. The van der Waals surface area contributed by atoms with Crippen LogP contribution < -0.4 is 10.1 Å². The van der Waals surface area contributed by atoms with Gasteiger partial charge in [-0.05, 0) is 24.3 Å². The average molecular weight is 326 g/mol. The molecule has 0 aliphatic carbocycles. The first-order valence-electron chi connectivity index (χ1n) is 7.24. The van der Waals surface area contributed by atoms with Gasteiger partial charge in [0, 0.05) is 18.1 Å². The Hall–Kier alpha value is -2.67. The van der Waals surface area contributed by atoms with E-state index in [1.165, 1.54) is 0 Å². The van der Waals surface area contributed by atoms with Gasteiger partial charge in [-0.15, -0.1) is 11.3 Å². The van der Waals surface area contributed by atoms with E-state index in [4.69, 9.17) is 4.74 Å². The molecule has 1 fully saturated rings. The number of anilines is 1. The number of hydrogen-bond donors (Lipinski definition) is 1. The van der Waals surface area contributed by atoms with Gasteiger partial charge in [0.15, 0.2) is 0 Å². The van der Waals surface area contributed by atoms with E-state index < -0.39 is 0 Å². The zero-order valence-corrected chi connectivity index (χ0v) is 13.0. The van der Waals surface area contributed by atoms with Gasteiger partial charge in [-0.3, -0.25) is 4.98 Å². The Bertz CT molecular complexity index is 830. The highest BCUT2D eigenvalue weighted by Gasteiger charge is 2.32. The van der Waals surface area contributed by atoms with E-state index in [1.54, 1.807) is 40.8 Å². The number of likely N-dealkylation sites (tertiary alicyclic amines) is 1. The van der Waals surface area contributed by atoms with Crippen molar-refractivity contribution in [3.63, 3.8) is 0 Å². The Balaban J connectivity index is 1.35. The van der Waals surface area contributed by atoms with Crippen molar-refractivity contribution in [3.8, 4) is 5.75 Å². The molecule has 1 aromatic carbocycles. The summed E-state index contributed by atoms with van der Waals surface area (Å²) in [7, 11) is 0. The number of urea groups is 1. The van der Waals surface area contributed by atoms with Crippen LogP contribution in [0, 0.1) is 0 Å². The number of ether oxygens (including phenoxy) is 1. The monoisotopic (exact) mass is 326 g/mol. The Kier molecular flexibility index (Phi) is 3.55. The molecule has 1 N–H and O–H groups in total. The highest BCUT2D eigenvalue weighted by atomic mass is 32.1. The molecule has 0 atom stereocenters. The number of nitrogens with zero attached hydrogens (tertiary/aromatic N) is 3. The smallest absolute Gasteiger partial charge is 0.322 e. The number of para-hydroxylation sites is 1. The quantitative estimate of drug-likeness (QED) is 0.803. The molecule has 1 aliphatic heterocycles. The van der Waals surface area contributed by atoms with Gasteiger partial charge in [-0.1, -0.05) is 6.07 Å². The van der Waals surface area contributed by atoms with E-state index in [-0.39, 0.29) is 12.1 Å². The molecule has 0 radical (unpaired) electrons. The van der Waals surface area contributed by atoms with Crippen LogP contribution in [0.5, 0.6) is 5.75 Å². The number of nitrogens with one attached hydrogen (secondary N) is 1. The maximum atomic E-state index is 12.1. The molecule has 6 nitrogen and oxygen atoms in total. The second-order valence-electron chi connectivity index (χ2n) is 5.27. The van der Waals surface area contributed by atoms with Crippen LogP contribution in [0.2, 0.25) is 0 Å². The summed E-state index contributed by atoms with van der Waals surface area (Å²) >= 11 is 1.59. The molecular formula is C16H14N4O2S. The van der Waals surface area contributed by atoms with Crippen molar-refractivity contribution in [2.24, 2.45) is 0 Å². The molecule has 0 bridgehead atoms. The summed E-state index contributed by atoms with van der Waals surface area (Å²) in [6, 6.07) is 9.30. The van der Waals surface area contributed by atoms with E-state index in [2.05, 4.69) is 15.3 Å². The van der Waals surface area contributed by atoms with Gasteiger partial charge in [-0.25, -0.2) is 9.78 Å². The summed E-state index contributed by atoms with van der Waals surface area (Å²) in [6.45, 7) is 1.13. The first-order chi connectivity index (χ1) is 11.3. The van der Waals surface area contributed by atoms with Crippen LogP contribution in [-0.4, -0.2) is 40.1 Å². The predicted octanol–water partition coefficient (Wildman–Crippen LogP) is 2.99. The number of carbonyl (C=O) groups is 1. The number of carbonyl (C=O) groups excluding carboxylic acids is 1. The van der Waals surface area contributed by atoms with Gasteiger partial charge in [0.1, 0.15) is 17.4 Å². The minimum atomic E-state index is -0.122. The number of thiazole rings is 1. The second kappa shape index (κ2) is 5.85. The SMILES string of the molecule is O=C(Nc1ccncc1)N1CC(Oc2cccc3scnc23)C1. The van der Waals surface area contributed by atoms with Crippen molar-refractivity contribution < 1.29 is 9.53 Å². The number of amides is 2. The minimum Gasteiger partial charge on any atom is -0.484 e. The lowest BCUT2D eigenvalue weighted by molar-refractivity contribution is 0.0502. The van der Waals surface area contributed by atoms with Gasteiger partial charge in [0.25, 0.3) is 0 Å². The van der Waals surface area contributed by atoms with Crippen molar-refractivity contribution in [1.29, 1.82) is 0 Å². The molecule has 1 saturated heterocycles. The molecule has 0 saturated carbocycles. The summed E-state index contributed by atoms with van der Waals surface area (Å²) in [5.74, 6) is 0.781. The van der Waals surface area contributed by atoms with Crippen LogP contribution in [-0.2, 0) is 0 Å². The molecule has 3 heterocycles. The lowest BCUT2D eigenvalue weighted by atomic mass is 10.2. The zero-order chi connectivity index (χ0) is 15.6. The maximum Gasteiger partial charge on any atom is 0.322 e. The van der Waals surface area contributed by atoms with Crippen LogP contribution in [0.25, 0.3) is 10.2 Å². The maximum absolute atomic E-state index is 12.1. The Morgan fingerprint density at radius 2 is 2.09 bits per heavy atom. The van der Waals surface area contributed by atoms with Gasteiger partial charge >= 0.3 is 6.03 Å². The van der Waals surface area contributed by atoms with Crippen LogP contribution >= 0.6 is 11.3 Å². The number of benzene rings is 1. The molecule has 23 heavy (non-hydrogen) atoms. The first kappa shape index (κ1) is 14.0. The van der Waals surface area contributed by atoms with Gasteiger partial charge < -0.3 is 15.0 Å². The van der Waals surface area contributed by atoms with Gasteiger partial charge in [0.2, 0.25) is 0 Å². The third-order valence-electron chi connectivity index (χ3n) is 3.68. The van der Waals surface area contributed by atoms with E-state index in [0.717, 1.165) is 21.7 Å². The van der Waals surface area contributed by atoms with E-state index >= 15 is 0 Å². The predicted molar refractivity (Wildman–Crippen MR) is 88.9 cm³/mol. The third-order valence-corrected chi connectivity index (χ3v) is 4.48. The number of aromatic nitrogens is 2.